The summed E-state index contributed by atoms with van der Waals surface area (Å²) in [4.78, 5) is 2.62. The number of nitrogens with one attached hydrogen (secondary N) is 1. The van der Waals surface area contributed by atoms with Crippen LogP contribution in [-0.2, 0) is 9.47 Å². The van der Waals surface area contributed by atoms with Crippen molar-refractivity contribution >= 4 is 0 Å². The van der Waals surface area contributed by atoms with Crippen LogP contribution in [0.25, 0.3) is 0 Å². The van der Waals surface area contributed by atoms with E-state index in [4.69, 9.17) is 9.47 Å². The van der Waals surface area contributed by atoms with E-state index in [0.29, 0.717) is 19.3 Å². The molecule has 4 nitrogen and oxygen atoms in total. The molecule has 1 N–H and O–H groups in total. The van der Waals surface area contributed by atoms with Crippen molar-refractivity contribution in [3.8, 4) is 0 Å². The Bertz CT molecular complexity index is 215. The minimum atomic E-state index is -0.0834. The lowest BCUT2D eigenvalue weighted by molar-refractivity contribution is -0.133. The van der Waals surface area contributed by atoms with Crippen LogP contribution in [0.5, 0.6) is 0 Å². The Morgan fingerprint density at radius 3 is 2.47 bits per heavy atom. The first kappa shape index (κ1) is 13.3. The van der Waals surface area contributed by atoms with Crippen LogP contribution in [0, 0.1) is 0 Å². The Kier molecular flexibility index (Phi) is 5.22. The summed E-state index contributed by atoms with van der Waals surface area (Å²) in [7, 11) is 0. The van der Waals surface area contributed by atoms with Gasteiger partial charge in [-0.05, 0) is 33.1 Å². The minimum absolute atomic E-state index is 0.0834. The fraction of sp³-hybridized carbons (Fsp3) is 1.00. The predicted octanol–water partition coefficient (Wildman–Crippen LogP) is 1.21. The highest BCUT2D eigenvalue weighted by Gasteiger charge is 2.34. The number of hydrogen-bond donors (Lipinski definition) is 1. The third-order valence-corrected chi connectivity index (χ3v) is 3.56. The van der Waals surface area contributed by atoms with Crippen LogP contribution in [0.15, 0.2) is 0 Å². The molecule has 0 amide bonds. The molecule has 1 saturated heterocycles. The van der Waals surface area contributed by atoms with Gasteiger partial charge in [-0.2, -0.15) is 0 Å². The summed E-state index contributed by atoms with van der Waals surface area (Å²) < 4.78 is 11.1. The zero-order valence-corrected chi connectivity index (χ0v) is 11.2. The SMILES string of the molecule is CCOC(CNC1CCN(C2CC2)C1)OCC. The first-order chi connectivity index (χ1) is 8.33. The van der Waals surface area contributed by atoms with Crippen LogP contribution in [0.3, 0.4) is 0 Å². The highest BCUT2D eigenvalue weighted by molar-refractivity contribution is 4.91. The topological polar surface area (TPSA) is 33.7 Å². The Labute approximate surface area is 105 Å². The second-order valence-corrected chi connectivity index (χ2v) is 4.96. The first-order valence-electron chi connectivity index (χ1n) is 7.04. The van der Waals surface area contributed by atoms with E-state index in [1.165, 1.54) is 32.4 Å². The van der Waals surface area contributed by atoms with Gasteiger partial charge in [-0.15, -0.1) is 0 Å². The summed E-state index contributed by atoms with van der Waals surface area (Å²) in [5.74, 6) is 0. The maximum absolute atomic E-state index is 5.53. The summed E-state index contributed by atoms with van der Waals surface area (Å²) in [6.07, 6.45) is 4.00. The largest absolute Gasteiger partial charge is 0.352 e. The molecule has 17 heavy (non-hydrogen) atoms. The normalized spacial score (nSPS) is 25.9. The maximum Gasteiger partial charge on any atom is 0.169 e. The Hall–Kier alpha value is -0.160. The molecule has 2 aliphatic rings. The van der Waals surface area contributed by atoms with Crippen molar-refractivity contribution < 1.29 is 9.47 Å². The summed E-state index contributed by atoms with van der Waals surface area (Å²) in [6.45, 7) is 8.72. The van der Waals surface area contributed by atoms with Crippen molar-refractivity contribution in [2.24, 2.45) is 0 Å². The monoisotopic (exact) mass is 242 g/mol. The molecule has 0 radical (unpaired) electrons. The van der Waals surface area contributed by atoms with Crippen molar-refractivity contribution in [2.45, 2.75) is 51.5 Å². The van der Waals surface area contributed by atoms with Gasteiger partial charge in [-0.3, -0.25) is 4.90 Å². The third kappa shape index (κ3) is 4.21. The molecule has 1 aliphatic carbocycles. The highest BCUT2D eigenvalue weighted by Crippen LogP contribution is 2.29. The molecule has 2 fully saturated rings. The van der Waals surface area contributed by atoms with Crippen molar-refractivity contribution in [1.82, 2.24) is 10.2 Å². The average Bonchev–Trinajstić information content (AvgIpc) is 3.07. The van der Waals surface area contributed by atoms with Crippen LogP contribution in [0.2, 0.25) is 0 Å². The Morgan fingerprint density at radius 2 is 1.88 bits per heavy atom. The van der Waals surface area contributed by atoms with Gasteiger partial charge in [0.1, 0.15) is 0 Å². The zero-order valence-electron chi connectivity index (χ0n) is 11.2. The van der Waals surface area contributed by atoms with Crippen molar-refractivity contribution in [2.75, 3.05) is 32.8 Å². The van der Waals surface area contributed by atoms with Gasteiger partial charge in [0, 0.05) is 44.9 Å². The second-order valence-electron chi connectivity index (χ2n) is 4.96. The molecule has 2 rings (SSSR count). The molecule has 4 heteroatoms. The zero-order chi connectivity index (χ0) is 12.1. The summed E-state index contributed by atoms with van der Waals surface area (Å²) in [5.41, 5.74) is 0. The van der Waals surface area contributed by atoms with Gasteiger partial charge in [-0.1, -0.05) is 0 Å². The summed E-state index contributed by atoms with van der Waals surface area (Å²) >= 11 is 0. The van der Waals surface area contributed by atoms with Crippen LogP contribution < -0.4 is 5.32 Å². The Balaban J connectivity index is 1.62. The van der Waals surface area contributed by atoms with Crippen LogP contribution in [0.4, 0.5) is 0 Å². The number of rotatable bonds is 8. The van der Waals surface area contributed by atoms with E-state index >= 15 is 0 Å². The van der Waals surface area contributed by atoms with Crippen molar-refractivity contribution in [1.29, 1.82) is 0 Å². The molecule has 100 valence electrons. The predicted molar refractivity (Wildman–Crippen MR) is 68.0 cm³/mol. The van der Waals surface area contributed by atoms with Gasteiger partial charge in [-0.25, -0.2) is 0 Å². The second kappa shape index (κ2) is 6.69. The van der Waals surface area contributed by atoms with E-state index in [9.17, 15) is 0 Å². The lowest BCUT2D eigenvalue weighted by Gasteiger charge is -2.20. The fourth-order valence-corrected chi connectivity index (χ4v) is 2.53. The lowest BCUT2D eigenvalue weighted by atomic mass is 10.2. The molecule has 0 bridgehead atoms. The standard InChI is InChI=1S/C13H26N2O2/c1-3-16-13(17-4-2)9-14-11-7-8-15(10-11)12-5-6-12/h11-14H,3-10H2,1-2H3. The summed E-state index contributed by atoms with van der Waals surface area (Å²) in [5, 5.41) is 3.57. The van der Waals surface area contributed by atoms with Gasteiger partial charge in [0.15, 0.2) is 6.29 Å². The van der Waals surface area contributed by atoms with E-state index in [1.54, 1.807) is 0 Å². The Morgan fingerprint density at radius 1 is 1.18 bits per heavy atom. The molecule has 1 unspecified atom stereocenters. The lowest BCUT2D eigenvalue weighted by Crippen LogP contribution is -2.39. The molecule has 1 atom stereocenters. The van der Waals surface area contributed by atoms with Crippen LogP contribution in [0.1, 0.15) is 33.1 Å². The first-order valence-corrected chi connectivity index (χ1v) is 7.04. The maximum atomic E-state index is 5.53. The highest BCUT2D eigenvalue weighted by atomic mass is 16.7. The smallest absolute Gasteiger partial charge is 0.169 e. The van der Waals surface area contributed by atoms with Gasteiger partial charge >= 0.3 is 0 Å². The van der Waals surface area contributed by atoms with Gasteiger partial charge in [0.2, 0.25) is 0 Å². The van der Waals surface area contributed by atoms with E-state index < -0.39 is 0 Å². The number of nitrogens with zero attached hydrogens (tertiary/aromatic N) is 1. The van der Waals surface area contributed by atoms with Crippen molar-refractivity contribution in [3.63, 3.8) is 0 Å². The molecule has 1 aliphatic heterocycles. The quantitative estimate of drug-likeness (QED) is 0.649. The van der Waals surface area contributed by atoms with Crippen molar-refractivity contribution in [3.05, 3.63) is 0 Å². The number of ether oxygens (including phenoxy) is 2. The van der Waals surface area contributed by atoms with E-state index in [0.717, 1.165) is 12.6 Å². The third-order valence-electron chi connectivity index (χ3n) is 3.56. The molecule has 1 saturated carbocycles. The van der Waals surface area contributed by atoms with E-state index in [1.807, 2.05) is 13.8 Å². The minimum Gasteiger partial charge on any atom is -0.352 e. The van der Waals surface area contributed by atoms with Crippen LogP contribution in [-0.4, -0.2) is 56.1 Å². The van der Waals surface area contributed by atoms with Crippen LogP contribution >= 0.6 is 0 Å². The molecular weight excluding hydrogens is 216 g/mol. The van der Waals surface area contributed by atoms with Gasteiger partial charge < -0.3 is 14.8 Å². The molecular formula is C13H26N2O2. The average molecular weight is 242 g/mol. The molecule has 0 spiro atoms. The van der Waals surface area contributed by atoms with Gasteiger partial charge in [0.25, 0.3) is 0 Å². The summed E-state index contributed by atoms with van der Waals surface area (Å²) in [6, 6.07) is 1.52. The molecule has 0 aromatic rings. The number of hydrogen-bond acceptors (Lipinski definition) is 4. The molecule has 1 heterocycles. The fourth-order valence-electron chi connectivity index (χ4n) is 2.53. The van der Waals surface area contributed by atoms with E-state index in [-0.39, 0.29) is 6.29 Å². The molecule has 0 aromatic heterocycles. The molecule has 0 aromatic carbocycles. The number of likely N-dealkylation sites (tertiary alicyclic amines) is 1. The van der Waals surface area contributed by atoms with Gasteiger partial charge in [0.05, 0.1) is 0 Å². The van der Waals surface area contributed by atoms with E-state index in [2.05, 4.69) is 10.2 Å².